The molecular weight excluding hydrogens is 451 g/mol. The van der Waals surface area contributed by atoms with Crippen LogP contribution in [0, 0.1) is 5.82 Å². The maximum Gasteiger partial charge on any atom is 0.349 e. The fraction of sp³-hybridized carbons (Fsp3) is 0.125. The Balaban J connectivity index is 1.74. The van der Waals surface area contributed by atoms with Gasteiger partial charge in [-0.2, -0.15) is 0 Å². The molecule has 9 heteroatoms. The van der Waals surface area contributed by atoms with Crippen molar-refractivity contribution in [2.45, 2.75) is 6.54 Å². The van der Waals surface area contributed by atoms with Gasteiger partial charge in [-0.15, -0.1) is 5.10 Å². The third-order valence-electron chi connectivity index (χ3n) is 4.96. The van der Waals surface area contributed by atoms with Crippen molar-refractivity contribution in [3.63, 3.8) is 0 Å². The van der Waals surface area contributed by atoms with Crippen LogP contribution in [0.25, 0.3) is 10.9 Å². The van der Waals surface area contributed by atoms with Crippen LogP contribution in [-0.2, 0) is 11.3 Å². The number of carbonyl (C=O) groups excluding carboxylic acids is 2. The summed E-state index contributed by atoms with van der Waals surface area (Å²) in [5, 5.41) is 4.83. The van der Waals surface area contributed by atoms with Crippen LogP contribution in [0.3, 0.4) is 0 Å². The first-order valence-electron chi connectivity index (χ1n) is 9.79. The Morgan fingerprint density at radius 1 is 1.03 bits per heavy atom. The Morgan fingerprint density at radius 3 is 2.55 bits per heavy atom. The van der Waals surface area contributed by atoms with Gasteiger partial charge in [-0.05, 0) is 48.0 Å². The lowest BCUT2D eigenvalue weighted by Gasteiger charge is -2.06. The van der Waals surface area contributed by atoms with E-state index in [0.717, 1.165) is 11.6 Å². The van der Waals surface area contributed by atoms with Gasteiger partial charge in [0.2, 0.25) is 5.88 Å². The molecule has 3 aromatic carbocycles. The minimum Gasteiger partial charge on any atom is -0.497 e. The van der Waals surface area contributed by atoms with Gasteiger partial charge in [0.25, 0.3) is 0 Å². The predicted molar refractivity (Wildman–Crippen MR) is 120 cm³/mol. The molecule has 0 spiro atoms. The van der Waals surface area contributed by atoms with E-state index in [-0.39, 0.29) is 23.0 Å². The molecule has 0 saturated carbocycles. The van der Waals surface area contributed by atoms with E-state index >= 15 is 0 Å². The molecule has 0 atom stereocenters. The van der Waals surface area contributed by atoms with Gasteiger partial charge in [0, 0.05) is 0 Å². The van der Waals surface area contributed by atoms with Crippen LogP contribution in [0.1, 0.15) is 26.3 Å². The van der Waals surface area contributed by atoms with Gasteiger partial charge in [-0.1, -0.05) is 29.8 Å². The summed E-state index contributed by atoms with van der Waals surface area (Å²) >= 11 is 6.00. The number of nitrogens with zero attached hydrogens (tertiary/aromatic N) is 2. The monoisotopic (exact) mass is 468 g/mol. The molecule has 7 nitrogen and oxygen atoms in total. The predicted octanol–water partition coefficient (Wildman–Crippen LogP) is 4.89. The smallest absolute Gasteiger partial charge is 0.349 e. The number of benzene rings is 3. The Hall–Kier alpha value is -3.91. The van der Waals surface area contributed by atoms with Crippen molar-refractivity contribution >= 4 is 34.4 Å². The van der Waals surface area contributed by atoms with Gasteiger partial charge in [-0.25, -0.2) is 14.0 Å². The quantitative estimate of drug-likeness (QED) is 0.375. The van der Waals surface area contributed by atoms with Crippen molar-refractivity contribution < 1.29 is 28.2 Å². The third kappa shape index (κ3) is 4.51. The zero-order chi connectivity index (χ0) is 23.5. The molecule has 0 N–H and O–H groups in total. The van der Waals surface area contributed by atoms with Crippen LogP contribution in [0.2, 0.25) is 5.02 Å². The topological polar surface area (TPSA) is 79.7 Å². The summed E-state index contributed by atoms with van der Waals surface area (Å²) in [6.07, 6.45) is 0. The summed E-state index contributed by atoms with van der Waals surface area (Å²) in [7, 11) is 2.82. The molecule has 4 rings (SSSR count). The third-order valence-corrected chi connectivity index (χ3v) is 5.28. The first-order chi connectivity index (χ1) is 15.9. The maximum atomic E-state index is 14.2. The van der Waals surface area contributed by atoms with E-state index in [4.69, 9.17) is 25.8 Å². The second-order valence-corrected chi connectivity index (χ2v) is 7.43. The maximum absolute atomic E-state index is 14.2. The molecule has 1 aromatic heterocycles. The molecule has 0 radical (unpaired) electrons. The molecule has 0 bridgehead atoms. The second kappa shape index (κ2) is 9.30. The average molecular weight is 469 g/mol. The van der Waals surface area contributed by atoms with Gasteiger partial charge in [0.1, 0.15) is 17.1 Å². The number of hydrogen-bond acceptors (Lipinski definition) is 6. The molecule has 4 aromatic rings. The number of ether oxygens (including phenoxy) is 3. The molecular formula is C24H18ClFN2O5. The molecule has 33 heavy (non-hydrogen) atoms. The van der Waals surface area contributed by atoms with Gasteiger partial charge in [-0.3, -0.25) is 4.68 Å². The number of rotatable bonds is 6. The van der Waals surface area contributed by atoms with Crippen molar-refractivity contribution in [1.82, 2.24) is 9.78 Å². The number of carbonyl (C=O) groups is 2. The fourth-order valence-electron chi connectivity index (χ4n) is 3.37. The van der Waals surface area contributed by atoms with Gasteiger partial charge in [0.05, 0.1) is 42.3 Å². The molecule has 168 valence electrons. The number of methoxy groups -OCH3 is 2. The number of halogens is 2. The zero-order valence-electron chi connectivity index (χ0n) is 17.7. The van der Waals surface area contributed by atoms with Crippen molar-refractivity contribution in [2.75, 3.05) is 14.2 Å². The normalized spacial score (nSPS) is 10.8. The molecule has 0 fully saturated rings. The Kier molecular flexibility index (Phi) is 6.28. The largest absolute Gasteiger partial charge is 0.497 e. The highest BCUT2D eigenvalue weighted by Gasteiger charge is 2.22. The summed E-state index contributed by atoms with van der Waals surface area (Å²) in [6.45, 7) is 0.270. The van der Waals surface area contributed by atoms with Gasteiger partial charge in [0.15, 0.2) is 0 Å². The summed E-state index contributed by atoms with van der Waals surface area (Å²) in [4.78, 5) is 24.6. The van der Waals surface area contributed by atoms with Crippen LogP contribution in [0.15, 0.2) is 60.7 Å². The van der Waals surface area contributed by atoms with Crippen LogP contribution in [0.4, 0.5) is 4.39 Å². The van der Waals surface area contributed by atoms with Gasteiger partial charge < -0.3 is 14.2 Å². The lowest BCUT2D eigenvalue weighted by molar-refractivity contribution is 0.0600. The first-order valence-corrected chi connectivity index (χ1v) is 10.2. The van der Waals surface area contributed by atoms with E-state index in [0.29, 0.717) is 22.2 Å². The highest BCUT2D eigenvalue weighted by molar-refractivity contribution is 6.33. The van der Waals surface area contributed by atoms with E-state index in [1.807, 2.05) is 6.07 Å². The van der Waals surface area contributed by atoms with E-state index in [1.54, 1.807) is 41.1 Å². The summed E-state index contributed by atoms with van der Waals surface area (Å²) in [5.74, 6) is -1.73. The minimum atomic E-state index is -0.972. The number of aromatic nitrogens is 2. The van der Waals surface area contributed by atoms with Crippen LogP contribution in [0.5, 0.6) is 11.6 Å². The zero-order valence-corrected chi connectivity index (χ0v) is 18.4. The van der Waals surface area contributed by atoms with Crippen molar-refractivity contribution in [1.29, 1.82) is 0 Å². The number of hydrogen-bond donors (Lipinski definition) is 0. The average Bonchev–Trinajstić information content (AvgIpc) is 3.14. The standard InChI is InChI=1S/C24H18ClFN2O5/c1-31-16-9-10-20-17(12-16)22(33-24(30)21-18(25)7-4-8-19(21)26)27-28(20)13-14-5-3-6-15(11-14)23(29)32-2/h3-12H,13H2,1-2H3. The van der Waals surface area contributed by atoms with Crippen LogP contribution < -0.4 is 9.47 Å². The molecule has 0 unspecified atom stereocenters. The minimum absolute atomic E-state index is 0.0302. The summed E-state index contributed by atoms with van der Waals surface area (Å²) < 4.78 is 31.3. The van der Waals surface area contributed by atoms with E-state index < -0.39 is 17.8 Å². The van der Waals surface area contributed by atoms with E-state index in [2.05, 4.69) is 5.10 Å². The highest BCUT2D eigenvalue weighted by Crippen LogP contribution is 2.31. The van der Waals surface area contributed by atoms with Crippen molar-refractivity contribution in [2.24, 2.45) is 0 Å². The van der Waals surface area contributed by atoms with E-state index in [1.165, 1.54) is 26.4 Å². The molecule has 0 saturated heterocycles. The second-order valence-electron chi connectivity index (χ2n) is 7.02. The van der Waals surface area contributed by atoms with E-state index in [9.17, 15) is 14.0 Å². The molecule has 1 heterocycles. The summed E-state index contributed by atoms with van der Waals surface area (Å²) in [6, 6.07) is 16.0. The molecule has 0 aliphatic heterocycles. The molecule has 0 aliphatic carbocycles. The molecule has 0 aliphatic rings. The van der Waals surface area contributed by atoms with Crippen molar-refractivity contribution in [3.8, 4) is 11.6 Å². The Labute approximate surface area is 193 Å². The summed E-state index contributed by atoms with van der Waals surface area (Å²) in [5.41, 5.74) is 1.43. The first kappa shape index (κ1) is 22.3. The Bertz CT molecular complexity index is 1350. The Morgan fingerprint density at radius 2 is 1.82 bits per heavy atom. The van der Waals surface area contributed by atoms with Crippen LogP contribution >= 0.6 is 11.6 Å². The number of esters is 2. The fourth-order valence-corrected chi connectivity index (χ4v) is 3.61. The number of fused-ring (bicyclic) bond motifs is 1. The van der Waals surface area contributed by atoms with Gasteiger partial charge >= 0.3 is 11.9 Å². The highest BCUT2D eigenvalue weighted by atomic mass is 35.5. The van der Waals surface area contributed by atoms with Crippen LogP contribution in [-0.4, -0.2) is 35.9 Å². The lowest BCUT2D eigenvalue weighted by Crippen LogP contribution is -2.12. The van der Waals surface area contributed by atoms with Crippen molar-refractivity contribution in [3.05, 3.63) is 88.2 Å². The molecule has 0 amide bonds. The SMILES string of the molecule is COC(=O)c1cccc(Cn2nc(OC(=O)c3c(F)cccc3Cl)c3cc(OC)ccc32)c1. The lowest BCUT2D eigenvalue weighted by atomic mass is 10.1.